The van der Waals surface area contributed by atoms with Crippen molar-refractivity contribution >= 4 is 28.8 Å². The highest BCUT2D eigenvalue weighted by Gasteiger charge is 2.31. The highest BCUT2D eigenvalue weighted by Crippen LogP contribution is 2.25. The molecular formula is C26H23N7O2S. The van der Waals surface area contributed by atoms with E-state index in [1.54, 1.807) is 17.3 Å². The third-order valence-electron chi connectivity index (χ3n) is 6.28. The summed E-state index contributed by atoms with van der Waals surface area (Å²) < 4.78 is 3.73. The molecule has 1 aliphatic rings. The van der Waals surface area contributed by atoms with Gasteiger partial charge in [-0.05, 0) is 17.7 Å². The Kier molecular flexibility index (Phi) is 5.78. The summed E-state index contributed by atoms with van der Waals surface area (Å²) in [6.07, 6.45) is 5.93. The molecule has 0 fully saturated rings. The highest BCUT2D eigenvalue weighted by atomic mass is 32.1. The predicted molar refractivity (Wildman–Crippen MR) is 135 cm³/mol. The van der Waals surface area contributed by atoms with Crippen molar-refractivity contribution in [1.29, 1.82) is 0 Å². The first-order valence-corrected chi connectivity index (χ1v) is 12.6. The fraction of sp³-hybridized carbons (Fsp3) is 0.192. The van der Waals surface area contributed by atoms with Gasteiger partial charge in [0.05, 0.1) is 19.6 Å². The van der Waals surface area contributed by atoms with Crippen molar-refractivity contribution < 1.29 is 9.59 Å². The van der Waals surface area contributed by atoms with Crippen molar-refractivity contribution in [3.05, 3.63) is 106 Å². The van der Waals surface area contributed by atoms with Gasteiger partial charge >= 0.3 is 0 Å². The summed E-state index contributed by atoms with van der Waals surface area (Å²) in [5.41, 5.74) is 4.32. The number of thiazole rings is 1. The van der Waals surface area contributed by atoms with Gasteiger partial charge in [-0.2, -0.15) is 5.10 Å². The van der Waals surface area contributed by atoms with E-state index in [1.807, 2.05) is 69.2 Å². The standard InChI is InChI=1S/C26H23N7O2S/c34-25(28-14-23-27-10-13-36-23)24-19-16-32(26(35)20-17-31-11-5-4-8-22(31)29-20)12-9-21(19)33(30-24)15-18-6-2-1-3-7-18/h1-8,10-11,13,17H,9,12,14-16H2,(H,28,34). The number of imidazole rings is 1. The SMILES string of the molecule is O=C(NCc1nccs1)c1nn(Cc2ccccc2)c2c1CN(C(=O)c1cn3ccccc3n1)CC2. The molecule has 9 nitrogen and oxygen atoms in total. The van der Waals surface area contributed by atoms with Gasteiger partial charge in [0.15, 0.2) is 5.69 Å². The van der Waals surface area contributed by atoms with E-state index in [9.17, 15) is 9.59 Å². The number of carbonyl (C=O) groups is 2. The van der Waals surface area contributed by atoms with Crippen LogP contribution in [-0.4, -0.2) is 47.4 Å². The predicted octanol–water partition coefficient (Wildman–Crippen LogP) is 3.16. The van der Waals surface area contributed by atoms with E-state index in [0.717, 1.165) is 27.5 Å². The van der Waals surface area contributed by atoms with Gasteiger partial charge in [0, 0.05) is 48.2 Å². The highest BCUT2D eigenvalue weighted by molar-refractivity contribution is 7.09. The van der Waals surface area contributed by atoms with Crippen LogP contribution in [0, 0.1) is 0 Å². The van der Waals surface area contributed by atoms with E-state index in [2.05, 4.69) is 15.3 Å². The molecule has 0 bridgehead atoms. The van der Waals surface area contributed by atoms with Crippen molar-refractivity contribution in [2.24, 2.45) is 0 Å². The first kappa shape index (κ1) is 22.2. The smallest absolute Gasteiger partial charge is 0.274 e. The van der Waals surface area contributed by atoms with Crippen molar-refractivity contribution in [3.63, 3.8) is 0 Å². The lowest BCUT2D eigenvalue weighted by atomic mass is 10.0. The Labute approximate surface area is 211 Å². The van der Waals surface area contributed by atoms with E-state index in [0.29, 0.717) is 44.0 Å². The van der Waals surface area contributed by atoms with Crippen LogP contribution in [0.5, 0.6) is 0 Å². The van der Waals surface area contributed by atoms with Gasteiger partial charge in [-0.25, -0.2) is 9.97 Å². The molecule has 0 atom stereocenters. The van der Waals surface area contributed by atoms with Gasteiger partial charge in [-0.1, -0.05) is 36.4 Å². The van der Waals surface area contributed by atoms with Gasteiger partial charge in [-0.15, -0.1) is 11.3 Å². The normalized spacial score (nSPS) is 13.1. The lowest BCUT2D eigenvalue weighted by Gasteiger charge is -2.27. The number of fused-ring (bicyclic) bond motifs is 2. The van der Waals surface area contributed by atoms with E-state index in [4.69, 9.17) is 5.10 Å². The maximum absolute atomic E-state index is 13.4. The molecular weight excluding hydrogens is 474 g/mol. The van der Waals surface area contributed by atoms with E-state index >= 15 is 0 Å². The number of benzene rings is 1. The van der Waals surface area contributed by atoms with Crippen LogP contribution in [0.15, 0.2) is 72.5 Å². The van der Waals surface area contributed by atoms with Crippen molar-refractivity contribution in [2.75, 3.05) is 6.54 Å². The zero-order valence-corrected chi connectivity index (χ0v) is 20.2. The van der Waals surface area contributed by atoms with Crippen LogP contribution in [0.4, 0.5) is 0 Å². The second kappa shape index (κ2) is 9.38. The Balaban J connectivity index is 1.30. The summed E-state index contributed by atoms with van der Waals surface area (Å²) in [4.78, 5) is 37.0. The summed E-state index contributed by atoms with van der Waals surface area (Å²) in [6.45, 7) is 1.72. The van der Waals surface area contributed by atoms with Crippen molar-refractivity contribution in [2.45, 2.75) is 26.1 Å². The minimum Gasteiger partial charge on any atom is -0.344 e. The van der Waals surface area contributed by atoms with Gasteiger partial charge in [-0.3, -0.25) is 14.3 Å². The summed E-state index contributed by atoms with van der Waals surface area (Å²) in [5.74, 6) is -0.426. The molecule has 36 heavy (non-hydrogen) atoms. The Morgan fingerprint density at radius 3 is 2.75 bits per heavy atom. The van der Waals surface area contributed by atoms with Crippen LogP contribution in [0.3, 0.4) is 0 Å². The number of hydrogen-bond donors (Lipinski definition) is 1. The number of rotatable bonds is 6. The Bertz CT molecular complexity index is 1510. The second-order valence-electron chi connectivity index (χ2n) is 8.59. The lowest BCUT2D eigenvalue weighted by Crippen LogP contribution is -2.37. The molecule has 1 aromatic carbocycles. The monoisotopic (exact) mass is 497 g/mol. The molecule has 0 spiro atoms. The number of pyridine rings is 1. The number of aromatic nitrogens is 5. The molecule has 5 heterocycles. The molecule has 0 saturated carbocycles. The average Bonchev–Trinajstić information content (AvgIpc) is 3.66. The molecule has 0 saturated heterocycles. The Hall–Kier alpha value is -4.31. The number of nitrogens with one attached hydrogen (secondary N) is 1. The fourth-order valence-electron chi connectivity index (χ4n) is 4.51. The average molecular weight is 498 g/mol. The molecule has 4 aromatic heterocycles. The fourth-order valence-corrected chi connectivity index (χ4v) is 5.07. The van der Waals surface area contributed by atoms with Crippen molar-refractivity contribution in [3.8, 4) is 0 Å². The van der Waals surface area contributed by atoms with Gasteiger partial charge in [0.1, 0.15) is 16.3 Å². The molecule has 0 radical (unpaired) electrons. The van der Waals surface area contributed by atoms with Crippen LogP contribution >= 0.6 is 11.3 Å². The number of hydrogen-bond acceptors (Lipinski definition) is 6. The molecule has 1 aliphatic heterocycles. The maximum atomic E-state index is 13.4. The van der Waals surface area contributed by atoms with Gasteiger partial charge in [0.25, 0.3) is 11.8 Å². The first-order chi connectivity index (χ1) is 17.7. The van der Waals surface area contributed by atoms with Crippen LogP contribution < -0.4 is 5.32 Å². The van der Waals surface area contributed by atoms with E-state index < -0.39 is 0 Å². The third-order valence-corrected chi connectivity index (χ3v) is 7.06. The minimum atomic E-state index is -0.268. The zero-order chi connectivity index (χ0) is 24.5. The molecule has 5 aromatic rings. The lowest BCUT2D eigenvalue weighted by molar-refractivity contribution is 0.0725. The summed E-state index contributed by atoms with van der Waals surface area (Å²) in [5, 5.41) is 10.4. The Morgan fingerprint density at radius 1 is 1.08 bits per heavy atom. The first-order valence-electron chi connectivity index (χ1n) is 11.7. The van der Waals surface area contributed by atoms with Gasteiger partial charge in [0.2, 0.25) is 0 Å². The Morgan fingerprint density at radius 2 is 1.94 bits per heavy atom. The van der Waals surface area contributed by atoms with E-state index in [1.165, 1.54) is 11.3 Å². The molecule has 1 N–H and O–H groups in total. The van der Waals surface area contributed by atoms with Crippen LogP contribution in [-0.2, 0) is 26.1 Å². The summed E-state index contributed by atoms with van der Waals surface area (Å²) in [6, 6.07) is 15.7. The summed E-state index contributed by atoms with van der Waals surface area (Å²) in [7, 11) is 0. The summed E-state index contributed by atoms with van der Waals surface area (Å²) >= 11 is 1.49. The molecule has 0 aliphatic carbocycles. The topological polar surface area (TPSA) is 97.4 Å². The molecule has 10 heteroatoms. The van der Waals surface area contributed by atoms with Crippen LogP contribution in [0.25, 0.3) is 5.65 Å². The number of amides is 2. The van der Waals surface area contributed by atoms with Crippen LogP contribution in [0.1, 0.15) is 42.8 Å². The second-order valence-corrected chi connectivity index (χ2v) is 9.57. The molecule has 180 valence electrons. The van der Waals surface area contributed by atoms with Gasteiger partial charge < -0.3 is 14.6 Å². The minimum absolute atomic E-state index is 0.158. The largest absolute Gasteiger partial charge is 0.344 e. The molecule has 0 unspecified atom stereocenters. The number of nitrogens with zero attached hydrogens (tertiary/aromatic N) is 6. The maximum Gasteiger partial charge on any atom is 0.274 e. The number of carbonyl (C=O) groups excluding carboxylic acids is 2. The molecule has 6 rings (SSSR count). The van der Waals surface area contributed by atoms with E-state index in [-0.39, 0.29) is 11.8 Å². The third kappa shape index (κ3) is 4.27. The molecule has 2 amide bonds. The zero-order valence-electron chi connectivity index (χ0n) is 19.4. The van der Waals surface area contributed by atoms with Crippen LogP contribution in [0.2, 0.25) is 0 Å². The van der Waals surface area contributed by atoms with Crippen molar-refractivity contribution in [1.82, 2.24) is 34.4 Å². The quantitative estimate of drug-likeness (QED) is 0.389.